The normalized spacial score (nSPS) is 36.0. The molecule has 21 heteroatoms. The topological polar surface area (TPSA) is 339 Å². The molecule has 0 spiro atoms. The molecule has 0 aliphatic heterocycles. The summed E-state index contributed by atoms with van der Waals surface area (Å²) in [5, 5.41) is 48.1. The fraction of sp³-hybridized carbons (Fsp3) is 0.688. The molecule has 0 radical (unpaired) electrons. The number of aromatic nitrogens is 6. The van der Waals surface area contributed by atoms with E-state index in [0.717, 1.165) is 13.1 Å². The number of hydrogen-bond donors (Lipinski definition) is 12. The van der Waals surface area contributed by atoms with E-state index in [1.165, 1.54) is 26.2 Å². The monoisotopic (exact) mass is 977 g/mol. The van der Waals surface area contributed by atoms with Gasteiger partial charge in [-0.2, -0.15) is 15.0 Å². The molecule has 0 aromatic carbocycles. The molecule has 3 amide bonds. The number of rotatable bonds is 12. The van der Waals surface area contributed by atoms with Crippen LogP contribution in [0.4, 0.5) is 35.3 Å². The Labute approximate surface area is 425 Å². The lowest BCUT2D eigenvalue weighted by atomic mass is 9.85. The van der Waals surface area contributed by atoms with Gasteiger partial charge in [0, 0.05) is 68.4 Å². The number of nitrogens with one attached hydrogen (secondary N) is 6. The third-order valence-electron chi connectivity index (χ3n) is 9.99. The van der Waals surface area contributed by atoms with Crippen molar-refractivity contribution in [3.8, 4) is 0 Å². The van der Waals surface area contributed by atoms with Crippen LogP contribution in [0.15, 0.2) is 18.6 Å². The predicted octanol–water partition coefficient (Wildman–Crippen LogP) is 5.24. The summed E-state index contributed by atoms with van der Waals surface area (Å²) in [5.41, 5.74) is 14.8. The van der Waals surface area contributed by atoms with Gasteiger partial charge in [-0.3, -0.25) is 14.4 Å². The van der Waals surface area contributed by atoms with Crippen molar-refractivity contribution < 1.29 is 47.5 Å². The summed E-state index contributed by atoms with van der Waals surface area (Å²) in [7, 11) is 0. The SMILES string of the molecule is [2H]C1(Nc2nc(NC(C)(C)C)ncc2C(N)=O)CC(O)C([2H])(C)C([2H])([2H])C1.[2H]C1(Nc2nc(NC(C)(C)C)ncc2C(N)=O)CC(O)C([2H])(C)C([2H])([2H])C1([2H])[2H].[2H]C1([2H])CC(Nc2nc(NC(C)(C)C)ncc2C(N)=O)CC(O)C1([2H])C. The summed E-state index contributed by atoms with van der Waals surface area (Å²) in [6.45, 7) is 20.8. The quantitative estimate of drug-likeness (QED) is 0.110. The number of nitrogens with two attached hydrogens (primary N) is 3. The number of anilines is 6. The summed E-state index contributed by atoms with van der Waals surface area (Å²) in [6.07, 6.45) is -11.5. The van der Waals surface area contributed by atoms with Gasteiger partial charge < -0.3 is 64.4 Å². The van der Waals surface area contributed by atoms with Crippen LogP contribution in [0, 0.1) is 17.7 Å². The number of nitrogens with zero attached hydrogens (tertiary/aromatic N) is 6. The van der Waals surface area contributed by atoms with Crippen LogP contribution in [-0.2, 0) is 0 Å². The molecular formula is C48H81N15O6. The Bertz CT molecular complexity index is 2840. The van der Waals surface area contributed by atoms with Crippen LogP contribution < -0.4 is 49.1 Å². The summed E-state index contributed by atoms with van der Waals surface area (Å²) >= 11 is 0. The minimum Gasteiger partial charge on any atom is -0.393 e. The molecule has 0 saturated heterocycles. The van der Waals surface area contributed by atoms with E-state index in [1.807, 2.05) is 62.3 Å². The van der Waals surface area contributed by atoms with Gasteiger partial charge in [-0.1, -0.05) is 20.8 Å². The summed E-state index contributed by atoms with van der Waals surface area (Å²) in [5.74, 6) is -7.50. The van der Waals surface area contributed by atoms with Crippen molar-refractivity contribution in [1.82, 2.24) is 29.9 Å². The Balaban J connectivity index is 0.000000265. The molecule has 9 unspecified atom stereocenters. The second-order valence-corrected chi connectivity index (χ2v) is 20.0. The second kappa shape index (κ2) is 23.8. The molecule has 15 N–H and O–H groups in total. The van der Waals surface area contributed by atoms with E-state index in [4.69, 9.17) is 35.0 Å². The zero-order chi connectivity index (χ0) is 63.4. The van der Waals surface area contributed by atoms with Gasteiger partial charge in [0.1, 0.15) is 17.5 Å². The molecule has 69 heavy (non-hydrogen) atoms. The van der Waals surface area contributed by atoms with Crippen molar-refractivity contribution in [2.45, 2.75) is 194 Å². The average molecular weight is 977 g/mol. The Hall–Kier alpha value is -5.67. The highest BCUT2D eigenvalue weighted by Gasteiger charge is 2.30. The highest BCUT2D eigenvalue weighted by atomic mass is 16.3. The average Bonchev–Trinajstić information content (AvgIpc) is 3.25. The molecule has 3 aliphatic carbocycles. The fourth-order valence-corrected chi connectivity index (χ4v) is 6.37. The maximum Gasteiger partial charge on any atom is 0.254 e. The van der Waals surface area contributed by atoms with Crippen LogP contribution in [0.3, 0.4) is 0 Å². The molecule has 3 aromatic rings. The number of primary amides is 3. The molecular weight excluding hydrogens is 883 g/mol. The van der Waals surface area contributed by atoms with Crippen molar-refractivity contribution in [2.24, 2.45) is 34.9 Å². The van der Waals surface area contributed by atoms with Crippen LogP contribution in [-0.4, -0.2) is 116 Å². The Morgan fingerprint density at radius 3 is 1.23 bits per heavy atom. The first-order chi connectivity index (χ1) is 36.6. The number of carbonyl (C=O) groups excluding carboxylic acids is 3. The first-order valence-electron chi connectivity index (χ1n) is 28.9. The first kappa shape index (κ1) is 39.1. The third-order valence-corrected chi connectivity index (χ3v) is 9.99. The Kier molecular flexibility index (Phi) is 13.5. The fourth-order valence-electron chi connectivity index (χ4n) is 6.37. The van der Waals surface area contributed by atoms with Gasteiger partial charge in [-0.15, -0.1) is 0 Å². The summed E-state index contributed by atoms with van der Waals surface area (Å²) in [4.78, 5) is 60.0. The zero-order valence-electron chi connectivity index (χ0n) is 54.6. The lowest BCUT2D eigenvalue weighted by molar-refractivity contribution is 0.0737. The van der Waals surface area contributed by atoms with Gasteiger partial charge in [0.25, 0.3) is 17.7 Å². The van der Waals surface area contributed by atoms with Crippen LogP contribution >= 0.6 is 0 Å². The van der Waals surface area contributed by atoms with Gasteiger partial charge in [0.05, 0.1) is 37.7 Å². The molecule has 3 saturated carbocycles. The molecule has 9 atom stereocenters. The lowest BCUT2D eigenvalue weighted by Gasteiger charge is -2.32. The van der Waals surface area contributed by atoms with E-state index in [-0.39, 0.29) is 82.8 Å². The lowest BCUT2D eigenvalue weighted by Crippen LogP contribution is -2.36. The standard InChI is InChI=1S/3C16H27N5O2/c3*1-9-5-6-10(7-12(9)22)19-14-11(13(17)23)8-18-15(20-14)21-16(2,3)4/h3*8-10,12,22H,5-7H2,1-4H3,(H2,17,23)(H2,18,19,20,21)/i5D2,6D2,9D,10D;5D2,9D,10D;5D2,9D. The molecule has 21 nitrogen and oxygen atoms in total. The maximum atomic E-state index is 11.8. The number of amides is 3. The van der Waals surface area contributed by atoms with E-state index >= 15 is 0 Å². The Morgan fingerprint density at radius 2 is 0.870 bits per heavy atom. The summed E-state index contributed by atoms with van der Waals surface area (Å²) in [6, 6.07) is -4.64. The Morgan fingerprint density at radius 1 is 0.536 bits per heavy atom. The van der Waals surface area contributed by atoms with Gasteiger partial charge in [0.2, 0.25) is 17.8 Å². The molecule has 6 rings (SSSR count). The number of aliphatic hydroxyl groups is 3. The molecule has 3 heterocycles. The number of hydrogen-bond acceptors (Lipinski definition) is 18. The number of aliphatic hydroxyl groups excluding tert-OH is 3. The molecule has 3 fully saturated rings. The van der Waals surface area contributed by atoms with Crippen LogP contribution in [0.25, 0.3) is 0 Å². The van der Waals surface area contributed by atoms with E-state index < -0.39 is 109 Å². The zero-order valence-corrected chi connectivity index (χ0v) is 41.6. The van der Waals surface area contributed by atoms with E-state index in [9.17, 15) is 29.7 Å². The van der Waals surface area contributed by atoms with Gasteiger partial charge >= 0.3 is 0 Å². The van der Waals surface area contributed by atoms with Crippen molar-refractivity contribution in [1.29, 1.82) is 0 Å². The minimum absolute atomic E-state index is 0.00566. The molecule has 3 aromatic heterocycles. The maximum absolute atomic E-state index is 11.8. The highest BCUT2D eigenvalue weighted by molar-refractivity contribution is 5.98. The van der Waals surface area contributed by atoms with E-state index in [1.54, 1.807) is 0 Å². The van der Waals surface area contributed by atoms with Crippen molar-refractivity contribution in [3.05, 3.63) is 35.3 Å². The minimum atomic E-state index is -2.94. The van der Waals surface area contributed by atoms with Crippen LogP contribution in [0.2, 0.25) is 0 Å². The van der Waals surface area contributed by atoms with Crippen molar-refractivity contribution in [2.75, 3.05) is 31.9 Å². The smallest absolute Gasteiger partial charge is 0.254 e. The van der Waals surface area contributed by atoms with Gasteiger partial charge in [0.15, 0.2) is 0 Å². The molecule has 3 aliphatic rings. The highest BCUT2D eigenvalue weighted by Crippen LogP contribution is 2.30. The van der Waals surface area contributed by atoms with E-state index in [0.29, 0.717) is 5.95 Å². The summed E-state index contributed by atoms with van der Waals surface area (Å²) < 4.78 is 107. The largest absolute Gasteiger partial charge is 0.393 e. The van der Waals surface area contributed by atoms with Crippen molar-refractivity contribution in [3.63, 3.8) is 0 Å². The van der Waals surface area contributed by atoms with Gasteiger partial charge in [-0.25, -0.2) is 15.0 Å². The van der Waals surface area contributed by atoms with Crippen molar-refractivity contribution >= 4 is 53.0 Å². The molecule has 0 bridgehead atoms. The number of carbonyl (C=O) groups is 3. The predicted molar refractivity (Wildman–Crippen MR) is 271 cm³/mol. The molecule has 384 valence electrons. The van der Waals surface area contributed by atoms with Gasteiger partial charge in [-0.05, 0) is 138 Å². The third kappa shape index (κ3) is 18.3. The second-order valence-electron chi connectivity index (χ2n) is 20.0. The van der Waals surface area contributed by atoms with Crippen LogP contribution in [0.1, 0.15) is 190 Å². The van der Waals surface area contributed by atoms with Crippen LogP contribution in [0.5, 0.6) is 0 Å². The first-order valence-corrected chi connectivity index (χ1v) is 22.4. The van der Waals surface area contributed by atoms with E-state index in [2.05, 4.69) is 61.8 Å².